The van der Waals surface area contributed by atoms with Crippen LogP contribution >= 0.6 is 11.8 Å². The summed E-state index contributed by atoms with van der Waals surface area (Å²) in [4.78, 5) is 14.1. The second-order valence-electron chi connectivity index (χ2n) is 4.86. The van der Waals surface area contributed by atoms with Crippen molar-refractivity contribution in [3.05, 3.63) is 42.1 Å². The highest BCUT2D eigenvalue weighted by Crippen LogP contribution is 2.32. The lowest BCUT2D eigenvalue weighted by Crippen LogP contribution is -2.31. The number of H-pyrrole nitrogens is 1. The smallest absolute Gasteiger partial charge is 0.252 e. The number of ether oxygens (including phenoxy) is 2. The number of nitrogens with one attached hydrogen (secondary N) is 1. The molecule has 1 aliphatic rings. The van der Waals surface area contributed by atoms with Crippen LogP contribution in [0.15, 0.2) is 36.5 Å². The average molecular weight is 331 g/mol. The summed E-state index contributed by atoms with van der Waals surface area (Å²) < 4.78 is 10.6. The molecule has 120 valence electrons. The third-order valence-corrected chi connectivity index (χ3v) is 3.95. The Morgan fingerprint density at radius 2 is 2.26 bits per heavy atom. The van der Waals surface area contributed by atoms with Gasteiger partial charge in [-0.25, -0.2) is 0 Å². The van der Waals surface area contributed by atoms with Crippen molar-refractivity contribution in [3.63, 3.8) is 0 Å². The van der Waals surface area contributed by atoms with Gasteiger partial charge in [0.15, 0.2) is 17.3 Å². The predicted octanol–water partition coefficient (Wildman–Crippen LogP) is 2.55. The van der Waals surface area contributed by atoms with E-state index in [1.54, 1.807) is 41.1 Å². The van der Waals surface area contributed by atoms with Gasteiger partial charge in [0, 0.05) is 30.6 Å². The summed E-state index contributed by atoms with van der Waals surface area (Å²) >= 11 is 1.69. The fourth-order valence-corrected chi connectivity index (χ4v) is 2.56. The lowest BCUT2D eigenvalue weighted by molar-refractivity contribution is -0.114. The van der Waals surface area contributed by atoms with E-state index in [1.165, 1.54) is 0 Å². The second-order valence-corrected chi connectivity index (χ2v) is 5.85. The molecular formula is C16H17N3O3S. The molecule has 0 atom stereocenters. The first kappa shape index (κ1) is 15.5. The van der Waals surface area contributed by atoms with E-state index in [0.717, 1.165) is 17.1 Å². The molecule has 6 nitrogen and oxygen atoms in total. The molecule has 0 unspecified atom stereocenters. The first-order chi connectivity index (χ1) is 11.3. The zero-order chi connectivity index (χ0) is 16.1. The van der Waals surface area contributed by atoms with Gasteiger partial charge < -0.3 is 9.47 Å². The van der Waals surface area contributed by atoms with Crippen LogP contribution in [0, 0.1) is 0 Å². The van der Waals surface area contributed by atoms with E-state index < -0.39 is 0 Å². The Kier molecular flexibility index (Phi) is 4.87. The van der Waals surface area contributed by atoms with E-state index in [2.05, 4.69) is 10.2 Å². The van der Waals surface area contributed by atoms with Crippen LogP contribution in [0.5, 0.6) is 11.5 Å². The molecule has 1 aromatic heterocycles. The molecule has 23 heavy (non-hydrogen) atoms. The molecule has 2 aromatic rings. The number of aromatic amines is 1. The van der Waals surface area contributed by atoms with Gasteiger partial charge in [-0.2, -0.15) is 16.9 Å². The highest BCUT2D eigenvalue weighted by Gasteiger charge is 2.15. The van der Waals surface area contributed by atoms with Gasteiger partial charge in [-0.15, -0.1) is 0 Å². The zero-order valence-electron chi connectivity index (χ0n) is 12.7. The molecule has 0 saturated carbocycles. The molecule has 1 amide bonds. The largest absolute Gasteiger partial charge is 0.454 e. The van der Waals surface area contributed by atoms with E-state index in [0.29, 0.717) is 18.1 Å². The summed E-state index contributed by atoms with van der Waals surface area (Å²) in [7, 11) is 0. The van der Waals surface area contributed by atoms with Gasteiger partial charge in [0.1, 0.15) is 0 Å². The molecule has 2 heterocycles. The maximum Gasteiger partial charge on any atom is 0.252 e. The van der Waals surface area contributed by atoms with Gasteiger partial charge in [0.05, 0.1) is 0 Å². The molecule has 0 radical (unpaired) electrons. The molecule has 1 aliphatic heterocycles. The van der Waals surface area contributed by atoms with E-state index in [4.69, 9.17) is 9.47 Å². The molecule has 3 rings (SSSR count). The van der Waals surface area contributed by atoms with Gasteiger partial charge in [-0.3, -0.25) is 14.8 Å². The standard InChI is InChI=1S/C16H17N3O3S/c1-23-9-8-19(15-6-7-17-18-15)16(20)5-3-12-2-4-13-14(10-12)22-11-21-13/h2-7,10H,8-9,11H2,1H3,(H,17,18)/b5-3+. The number of aromatic nitrogens is 2. The summed E-state index contributed by atoms with van der Waals surface area (Å²) in [5.41, 5.74) is 0.884. The highest BCUT2D eigenvalue weighted by molar-refractivity contribution is 7.98. The van der Waals surface area contributed by atoms with Gasteiger partial charge >= 0.3 is 0 Å². The summed E-state index contributed by atoms with van der Waals surface area (Å²) in [5, 5.41) is 6.83. The number of thioether (sulfide) groups is 1. The Balaban J connectivity index is 1.73. The molecule has 0 saturated heterocycles. The Morgan fingerprint density at radius 3 is 3.04 bits per heavy atom. The van der Waals surface area contributed by atoms with E-state index in [9.17, 15) is 4.79 Å². The first-order valence-electron chi connectivity index (χ1n) is 7.16. The summed E-state index contributed by atoms with van der Waals surface area (Å²) in [6, 6.07) is 7.36. The van der Waals surface area contributed by atoms with Crippen molar-refractivity contribution < 1.29 is 14.3 Å². The number of carbonyl (C=O) groups excluding carboxylic acids is 1. The lowest BCUT2D eigenvalue weighted by Gasteiger charge is -2.17. The third kappa shape index (κ3) is 3.68. The summed E-state index contributed by atoms with van der Waals surface area (Å²) in [6.07, 6.45) is 7.03. The number of rotatable bonds is 6. The highest BCUT2D eigenvalue weighted by atomic mass is 32.2. The van der Waals surface area contributed by atoms with Crippen LogP contribution in [0.1, 0.15) is 5.56 Å². The minimum atomic E-state index is -0.108. The second kappa shape index (κ2) is 7.23. The predicted molar refractivity (Wildman–Crippen MR) is 90.9 cm³/mol. The average Bonchev–Trinajstić information content (AvgIpc) is 3.24. The number of anilines is 1. The number of amides is 1. The molecular weight excluding hydrogens is 314 g/mol. The number of nitrogens with zero attached hydrogens (tertiary/aromatic N) is 2. The topological polar surface area (TPSA) is 67.5 Å². The number of hydrogen-bond donors (Lipinski definition) is 1. The van der Waals surface area contributed by atoms with Crippen LogP contribution in [0.4, 0.5) is 5.82 Å². The first-order valence-corrected chi connectivity index (χ1v) is 8.55. The molecule has 0 aliphatic carbocycles. The maximum absolute atomic E-state index is 12.5. The van der Waals surface area contributed by atoms with Crippen LogP contribution in [-0.2, 0) is 4.79 Å². The summed E-state index contributed by atoms with van der Waals surface area (Å²) in [5.74, 6) is 2.79. The Bertz CT molecular complexity index is 701. The van der Waals surface area contributed by atoms with Crippen molar-refractivity contribution in [1.82, 2.24) is 10.2 Å². The minimum Gasteiger partial charge on any atom is -0.454 e. The van der Waals surface area contributed by atoms with E-state index in [-0.39, 0.29) is 12.7 Å². The van der Waals surface area contributed by atoms with Crippen molar-refractivity contribution in [2.24, 2.45) is 0 Å². The van der Waals surface area contributed by atoms with Crippen molar-refractivity contribution in [2.45, 2.75) is 0 Å². The normalized spacial score (nSPS) is 12.7. The lowest BCUT2D eigenvalue weighted by atomic mass is 10.2. The number of carbonyl (C=O) groups is 1. The number of hydrogen-bond acceptors (Lipinski definition) is 5. The van der Waals surface area contributed by atoms with Crippen molar-refractivity contribution >= 4 is 29.6 Å². The van der Waals surface area contributed by atoms with Crippen LogP contribution in [-0.4, -0.2) is 41.5 Å². The van der Waals surface area contributed by atoms with Gasteiger partial charge in [0.25, 0.3) is 5.91 Å². The van der Waals surface area contributed by atoms with Crippen molar-refractivity contribution in [1.29, 1.82) is 0 Å². The molecule has 0 fully saturated rings. The van der Waals surface area contributed by atoms with Crippen molar-refractivity contribution in [2.75, 3.05) is 30.2 Å². The SMILES string of the molecule is CSCCN(C(=O)/C=C/c1ccc2c(c1)OCO2)c1cc[nH]n1. The van der Waals surface area contributed by atoms with Crippen LogP contribution in [0.3, 0.4) is 0 Å². The van der Waals surface area contributed by atoms with Crippen LogP contribution < -0.4 is 14.4 Å². The summed E-state index contributed by atoms with van der Waals surface area (Å²) in [6.45, 7) is 0.847. The van der Waals surface area contributed by atoms with Crippen LogP contribution in [0.25, 0.3) is 6.08 Å². The van der Waals surface area contributed by atoms with Crippen molar-refractivity contribution in [3.8, 4) is 11.5 Å². The molecule has 1 aromatic carbocycles. The number of fused-ring (bicyclic) bond motifs is 1. The van der Waals surface area contributed by atoms with E-state index >= 15 is 0 Å². The Labute approximate surface area is 138 Å². The van der Waals surface area contributed by atoms with Crippen LogP contribution in [0.2, 0.25) is 0 Å². The molecule has 1 N–H and O–H groups in total. The maximum atomic E-state index is 12.5. The minimum absolute atomic E-state index is 0.108. The Hall–Kier alpha value is -2.41. The van der Waals surface area contributed by atoms with Gasteiger partial charge in [-0.05, 0) is 30.0 Å². The monoisotopic (exact) mass is 331 g/mol. The Morgan fingerprint density at radius 1 is 1.39 bits per heavy atom. The quantitative estimate of drug-likeness (QED) is 0.824. The van der Waals surface area contributed by atoms with E-state index in [1.807, 2.05) is 24.5 Å². The molecule has 0 bridgehead atoms. The molecule has 7 heteroatoms. The molecule has 0 spiro atoms. The third-order valence-electron chi connectivity index (χ3n) is 3.36. The van der Waals surface area contributed by atoms with Gasteiger partial charge in [0.2, 0.25) is 6.79 Å². The van der Waals surface area contributed by atoms with Gasteiger partial charge in [-0.1, -0.05) is 6.07 Å². The fraction of sp³-hybridized carbons (Fsp3) is 0.250. The number of benzene rings is 1. The zero-order valence-corrected chi connectivity index (χ0v) is 13.5. The fourth-order valence-electron chi connectivity index (χ4n) is 2.20.